The predicted octanol–water partition coefficient (Wildman–Crippen LogP) is -2.99. The highest BCUT2D eigenvalue weighted by molar-refractivity contribution is 7.81. The molecule has 0 radical (unpaired) electrons. The number of nitrogens with zero attached hydrogens (tertiary/aromatic N) is 1. The molecule has 0 aliphatic carbocycles. The largest absolute Gasteiger partial charge is 0.479 e. The van der Waals surface area contributed by atoms with Crippen molar-refractivity contribution in [3.63, 3.8) is 0 Å². The van der Waals surface area contributed by atoms with Crippen molar-refractivity contribution in [1.29, 1.82) is 0 Å². The quantitative estimate of drug-likeness (QED) is 0.232. The van der Waals surface area contributed by atoms with Crippen LogP contribution in [0.2, 0.25) is 0 Å². The van der Waals surface area contributed by atoms with Crippen LogP contribution in [-0.4, -0.2) is 76.6 Å². The Balaban J connectivity index is 3.79. The molecule has 1 rings (SSSR count). The third-order valence-corrected chi connectivity index (χ3v) is 3.62. The van der Waals surface area contributed by atoms with Crippen LogP contribution >= 0.6 is 0 Å². The first kappa shape index (κ1) is 20.9. The van der Waals surface area contributed by atoms with Crippen molar-refractivity contribution < 1.29 is 63.7 Å². The van der Waals surface area contributed by atoms with Gasteiger partial charge in [0.25, 0.3) is 0 Å². The van der Waals surface area contributed by atoms with Crippen LogP contribution in [0.5, 0.6) is 0 Å². The van der Waals surface area contributed by atoms with E-state index in [1.165, 1.54) is 0 Å². The molecule has 2 atom stereocenters. The Bertz CT molecular complexity index is 811. The fourth-order valence-electron chi connectivity index (χ4n) is 1.94. The second-order valence-corrected chi connectivity index (χ2v) is 6.45. The van der Waals surface area contributed by atoms with E-state index in [9.17, 15) is 41.1 Å². The molecule has 4 N–H and O–H groups in total. The van der Waals surface area contributed by atoms with Crippen LogP contribution in [0.25, 0.3) is 0 Å². The van der Waals surface area contributed by atoms with Crippen LogP contribution in [0.4, 0.5) is 0 Å². The first-order valence-corrected chi connectivity index (χ1v) is 8.50. The van der Waals surface area contributed by atoms with E-state index in [1.807, 2.05) is 0 Å². The maximum absolute atomic E-state index is 11.7. The predicted molar refractivity (Wildman–Crippen MR) is 68.1 cm³/mol. The molecule has 25 heavy (non-hydrogen) atoms. The van der Waals surface area contributed by atoms with Gasteiger partial charge in [-0.05, 0) is 0 Å². The number of imide groups is 1. The molecule has 1 heterocycles. The van der Waals surface area contributed by atoms with Crippen molar-refractivity contribution in [2.45, 2.75) is 24.7 Å². The Labute approximate surface area is 138 Å². The van der Waals surface area contributed by atoms with Crippen LogP contribution in [0.15, 0.2) is 0 Å². The first-order valence-electron chi connectivity index (χ1n) is 5.77. The first-order chi connectivity index (χ1) is 11.1. The highest BCUT2D eigenvalue weighted by Gasteiger charge is 2.65. The summed E-state index contributed by atoms with van der Waals surface area (Å²) in [5, 5.41) is 18.2. The summed E-state index contributed by atoms with van der Waals surface area (Å²) in [7, 11) is -11.6. The third-order valence-electron chi connectivity index (χ3n) is 2.72. The lowest BCUT2D eigenvalue weighted by molar-refractivity contribution is -0.204. The Morgan fingerprint density at radius 1 is 1.00 bits per heavy atom. The summed E-state index contributed by atoms with van der Waals surface area (Å²) >= 11 is 0. The molecule has 142 valence electrons. The van der Waals surface area contributed by atoms with Gasteiger partial charge in [0.15, 0.2) is 0 Å². The minimum absolute atomic E-state index is 0.535. The van der Waals surface area contributed by atoms with Gasteiger partial charge in [0.1, 0.15) is 0 Å². The number of hydrogen-bond acceptors (Lipinski definition) is 10. The summed E-state index contributed by atoms with van der Waals surface area (Å²) < 4.78 is 68.1. The second-order valence-electron chi connectivity index (χ2n) is 4.38. The molecular weight excluding hydrogens is 398 g/mol. The molecule has 1 aliphatic rings. The van der Waals surface area contributed by atoms with Gasteiger partial charge in [0.05, 0.1) is 0 Å². The van der Waals surface area contributed by atoms with Gasteiger partial charge < -0.3 is 10.2 Å². The lowest BCUT2D eigenvalue weighted by Gasteiger charge is -2.37. The SMILES string of the molecule is O=C(O)C(OS(=O)(=O)O)C(OS(=O)(=O)O)(C(=O)O)N1C(=O)CCC1=O. The third kappa shape index (κ3) is 4.46. The monoisotopic (exact) mass is 407 g/mol. The maximum Gasteiger partial charge on any atom is 0.400 e. The zero-order valence-corrected chi connectivity index (χ0v) is 13.3. The summed E-state index contributed by atoms with van der Waals surface area (Å²) in [5.41, 5.74) is -4.19. The van der Waals surface area contributed by atoms with Crippen molar-refractivity contribution in [3.05, 3.63) is 0 Å². The molecule has 17 heteroatoms. The molecule has 0 saturated carbocycles. The lowest BCUT2D eigenvalue weighted by atomic mass is 10.1. The normalized spacial score (nSPS) is 19.5. The molecule has 1 saturated heterocycles. The molecule has 0 aromatic carbocycles. The van der Waals surface area contributed by atoms with E-state index in [2.05, 4.69) is 8.37 Å². The molecule has 2 unspecified atom stereocenters. The highest BCUT2D eigenvalue weighted by atomic mass is 32.3. The number of carboxylic acid groups (broad SMARTS) is 2. The van der Waals surface area contributed by atoms with Gasteiger partial charge in [-0.2, -0.15) is 16.8 Å². The summed E-state index contributed by atoms with van der Waals surface area (Å²) in [6.45, 7) is 0. The number of carbonyl (C=O) groups is 4. The van der Waals surface area contributed by atoms with Crippen molar-refractivity contribution in [1.82, 2.24) is 4.90 Å². The lowest BCUT2D eigenvalue weighted by Crippen LogP contribution is -2.68. The average molecular weight is 407 g/mol. The van der Waals surface area contributed by atoms with Crippen LogP contribution in [0, 0.1) is 0 Å². The van der Waals surface area contributed by atoms with E-state index >= 15 is 0 Å². The Hall–Kier alpha value is -2.18. The van der Waals surface area contributed by atoms with E-state index in [0.717, 1.165) is 0 Å². The molecular formula is C8H9NO14S2. The van der Waals surface area contributed by atoms with Crippen LogP contribution in [0.1, 0.15) is 12.8 Å². The molecule has 0 aromatic heterocycles. The number of hydrogen-bond donors (Lipinski definition) is 4. The highest BCUT2D eigenvalue weighted by Crippen LogP contribution is 2.33. The van der Waals surface area contributed by atoms with Crippen LogP contribution < -0.4 is 0 Å². The van der Waals surface area contributed by atoms with E-state index < -0.39 is 74.1 Å². The van der Waals surface area contributed by atoms with Gasteiger partial charge >= 0.3 is 38.5 Å². The summed E-state index contributed by atoms with van der Waals surface area (Å²) in [6.07, 6.45) is -4.91. The summed E-state index contributed by atoms with van der Waals surface area (Å²) in [4.78, 5) is 45.7. The van der Waals surface area contributed by atoms with Gasteiger partial charge in [0.2, 0.25) is 17.9 Å². The minimum Gasteiger partial charge on any atom is -0.479 e. The van der Waals surface area contributed by atoms with Gasteiger partial charge in [-0.25, -0.2) is 22.9 Å². The van der Waals surface area contributed by atoms with Gasteiger partial charge in [-0.1, -0.05) is 0 Å². The molecule has 1 fully saturated rings. The number of carbonyl (C=O) groups excluding carboxylic acids is 2. The maximum atomic E-state index is 11.7. The number of carboxylic acids is 2. The van der Waals surface area contributed by atoms with Gasteiger partial charge in [-0.15, -0.1) is 0 Å². The average Bonchev–Trinajstić information content (AvgIpc) is 2.71. The zero-order chi connectivity index (χ0) is 19.8. The van der Waals surface area contributed by atoms with Crippen molar-refractivity contribution in [3.8, 4) is 0 Å². The van der Waals surface area contributed by atoms with Crippen molar-refractivity contribution in [2.75, 3.05) is 0 Å². The van der Waals surface area contributed by atoms with Crippen molar-refractivity contribution >= 4 is 44.6 Å². The minimum atomic E-state index is -5.89. The summed E-state index contributed by atoms with van der Waals surface area (Å²) in [6, 6.07) is 0. The summed E-state index contributed by atoms with van der Waals surface area (Å²) in [5.74, 6) is -8.22. The number of likely N-dealkylation sites (tertiary alicyclic amines) is 1. The molecule has 2 amide bonds. The second kappa shape index (κ2) is 6.61. The van der Waals surface area contributed by atoms with Crippen LogP contribution in [-0.2, 0) is 48.3 Å². The van der Waals surface area contributed by atoms with E-state index in [4.69, 9.17) is 14.2 Å². The fourth-order valence-corrected chi connectivity index (χ4v) is 2.95. The molecule has 0 aromatic rings. The number of aliphatic carboxylic acids is 2. The number of amides is 2. The Morgan fingerprint density at radius 3 is 1.72 bits per heavy atom. The number of rotatable bonds is 8. The van der Waals surface area contributed by atoms with E-state index in [0.29, 0.717) is 0 Å². The molecule has 0 spiro atoms. The Morgan fingerprint density at radius 2 is 1.44 bits per heavy atom. The standard InChI is InChI=1S/C8H9NO14S2/c10-3-1-2-4(11)9(3)8(7(14)15,23-25(19,20)21)5(6(12)13)22-24(16,17)18/h5H,1-2H2,(H,12,13)(H,14,15)(H,16,17,18)(H,19,20,21). The van der Waals surface area contributed by atoms with Gasteiger partial charge in [0, 0.05) is 12.8 Å². The van der Waals surface area contributed by atoms with E-state index in [1.54, 1.807) is 0 Å². The van der Waals surface area contributed by atoms with Crippen molar-refractivity contribution in [2.24, 2.45) is 0 Å². The van der Waals surface area contributed by atoms with E-state index in [-0.39, 0.29) is 0 Å². The molecule has 0 bridgehead atoms. The topological polar surface area (TPSA) is 239 Å². The van der Waals surface area contributed by atoms with Crippen LogP contribution in [0.3, 0.4) is 0 Å². The molecule has 1 aliphatic heterocycles. The zero-order valence-electron chi connectivity index (χ0n) is 11.6. The smallest absolute Gasteiger partial charge is 0.400 e. The fraction of sp³-hybridized carbons (Fsp3) is 0.500. The molecule has 15 nitrogen and oxygen atoms in total. The Kier molecular flexibility index (Phi) is 5.52. The van der Waals surface area contributed by atoms with Gasteiger partial charge in [-0.3, -0.25) is 18.7 Å².